The van der Waals surface area contributed by atoms with Crippen molar-refractivity contribution in [2.75, 3.05) is 0 Å². The SMILES string of the molecule is N#CC1CCC(N)C=C1Cl. The van der Waals surface area contributed by atoms with Gasteiger partial charge in [0.2, 0.25) is 0 Å². The number of allylic oxidation sites excluding steroid dienone is 1. The Bertz CT molecular complexity index is 192. The smallest absolute Gasteiger partial charge is 0.0817 e. The van der Waals surface area contributed by atoms with Crippen LogP contribution in [0.5, 0.6) is 0 Å². The van der Waals surface area contributed by atoms with E-state index in [-0.39, 0.29) is 12.0 Å². The fourth-order valence-corrected chi connectivity index (χ4v) is 1.35. The van der Waals surface area contributed by atoms with Gasteiger partial charge in [-0.3, -0.25) is 0 Å². The Hall–Kier alpha value is -0.520. The van der Waals surface area contributed by atoms with Gasteiger partial charge in [-0.2, -0.15) is 5.26 Å². The molecule has 2 N–H and O–H groups in total. The van der Waals surface area contributed by atoms with Gasteiger partial charge in [-0.1, -0.05) is 17.7 Å². The molecule has 3 heteroatoms. The molecule has 0 saturated heterocycles. The third-order valence-electron chi connectivity index (χ3n) is 1.65. The van der Waals surface area contributed by atoms with E-state index in [9.17, 15) is 0 Å². The van der Waals surface area contributed by atoms with E-state index < -0.39 is 0 Å². The lowest BCUT2D eigenvalue weighted by atomic mass is 9.94. The van der Waals surface area contributed by atoms with E-state index in [0.29, 0.717) is 5.03 Å². The summed E-state index contributed by atoms with van der Waals surface area (Å²) in [5.41, 5.74) is 5.57. The predicted molar refractivity (Wildman–Crippen MR) is 40.2 cm³/mol. The van der Waals surface area contributed by atoms with Crippen molar-refractivity contribution in [1.29, 1.82) is 5.26 Å². The molecule has 0 amide bonds. The van der Waals surface area contributed by atoms with Crippen LogP contribution < -0.4 is 5.73 Å². The summed E-state index contributed by atoms with van der Waals surface area (Å²) in [4.78, 5) is 0. The zero-order valence-electron chi connectivity index (χ0n) is 5.55. The van der Waals surface area contributed by atoms with Crippen LogP contribution in [0.25, 0.3) is 0 Å². The van der Waals surface area contributed by atoms with Gasteiger partial charge in [0.25, 0.3) is 0 Å². The molecule has 0 bridgehead atoms. The molecular formula is C7H9ClN2. The van der Waals surface area contributed by atoms with Crippen LogP contribution in [0.3, 0.4) is 0 Å². The van der Waals surface area contributed by atoms with Gasteiger partial charge in [0.05, 0.1) is 12.0 Å². The number of nitrogens with zero attached hydrogens (tertiary/aromatic N) is 1. The number of hydrogen-bond donors (Lipinski definition) is 1. The number of rotatable bonds is 0. The van der Waals surface area contributed by atoms with E-state index >= 15 is 0 Å². The fourth-order valence-electron chi connectivity index (χ4n) is 1.03. The molecule has 1 aliphatic rings. The Morgan fingerprint density at radius 1 is 1.70 bits per heavy atom. The molecule has 0 aromatic rings. The molecule has 0 saturated carbocycles. The van der Waals surface area contributed by atoms with Gasteiger partial charge in [-0.15, -0.1) is 0 Å². The van der Waals surface area contributed by atoms with Crippen molar-refractivity contribution < 1.29 is 0 Å². The molecule has 10 heavy (non-hydrogen) atoms. The van der Waals surface area contributed by atoms with Crippen LogP contribution in [-0.4, -0.2) is 6.04 Å². The molecule has 0 aromatic heterocycles. The van der Waals surface area contributed by atoms with Crippen LogP contribution in [0, 0.1) is 17.2 Å². The van der Waals surface area contributed by atoms with Gasteiger partial charge in [0.15, 0.2) is 0 Å². The summed E-state index contributed by atoms with van der Waals surface area (Å²) in [7, 11) is 0. The molecule has 0 radical (unpaired) electrons. The zero-order chi connectivity index (χ0) is 7.56. The number of halogens is 1. The van der Waals surface area contributed by atoms with Gasteiger partial charge in [-0.05, 0) is 12.8 Å². The van der Waals surface area contributed by atoms with Crippen molar-refractivity contribution in [1.82, 2.24) is 0 Å². The lowest BCUT2D eigenvalue weighted by Gasteiger charge is -2.17. The molecule has 0 aliphatic heterocycles. The molecule has 1 rings (SSSR count). The highest BCUT2D eigenvalue weighted by Crippen LogP contribution is 2.25. The molecule has 0 aromatic carbocycles. The number of nitriles is 1. The van der Waals surface area contributed by atoms with Crippen LogP contribution in [-0.2, 0) is 0 Å². The van der Waals surface area contributed by atoms with E-state index in [1.165, 1.54) is 0 Å². The van der Waals surface area contributed by atoms with Crippen molar-refractivity contribution in [3.8, 4) is 6.07 Å². The molecule has 1 aliphatic carbocycles. The van der Waals surface area contributed by atoms with Crippen LogP contribution in [0.1, 0.15) is 12.8 Å². The summed E-state index contributed by atoms with van der Waals surface area (Å²) < 4.78 is 0. The van der Waals surface area contributed by atoms with E-state index in [1.54, 1.807) is 6.08 Å². The Morgan fingerprint density at radius 2 is 2.40 bits per heavy atom. The second kappa shape index (κ2) is 3.05. The van der Waals surface area contributed by atoms with Crippen molar-refractivity contribution in [2.24, 2.45) is 11.7 Å². The minimum Gasteiger partial charge on any atom is -0.324 e. The van der Waals surface area contributed by atoms with Gasteiger partial charge in [0.1, 0.15) is 0 Å². The fraction of sp³-hybridized carbons (Fsp3) is 0.571. The first-order chi connectivity index (χ1) is 4.74. The third kappa shape index (κ3) is 1.50. The second-order valence-corrected chi connectivity index (χ2v) is 2.91. The Labute approximate surface area is 65.3 Å². The second-order valence-electron chi connectivity index (χ2n) is 2.47. The van der Waals surface area contributed by atoms with Crippen LogP contribution in [0.2, 0.25) is 0 Å². The molecule has 54 valence electrons. The molecule has 2 nitrogen and oxygen atoms in total. The van der Waals surface area contributed by atoms with Crippen molar-refractivity contribution >= 4 is 11.6 Å². The standard InChI is InChI=1S/C7H9ClN2/c8-7-3-6(10)2-1-5(7)4-9/h3,5-6H,1-2,10H2. The maximum atomic E-state index is 8.53. The molecular weight excluding hydrogens is 148 g/mol. The summed E-state index contributed by atoms with van der Waals surface area (Å²) in [5.74, 6) is -0.110. The number of nitrogens with two attached hydrogens (primary N) is 1. The average Bonchev–Trinajstić information content (AvgIpc) is 1.88. The Morgan fingerprint density at radius 3 is 2.90 bits per heavy atom. The van der Waals surface area contributed by atoms with E-state index in [1.807, 2.05) is 0 Å². The Kier molecular flexibility index (Phi) is 2.31. The topological polar surface area (TPSA) is 49.8 Å². The Balaban J connectivity index is 2.69. The summed E-state index contributed by atoms with van der Waals surface area (Å²) in [5, 5.41) is 9.14. The zero-order valence-corrected chi connectivity index (χ0v) is 6.30. The first-order valence-corrected chi connectivity index (χ1v) is 3.64. The molecule has 0 fully saturated rings. The van der Waals surface area contributed by atoms with Crippen molar-refractivity contribution in [3.63, 3.8) is 0 Å². The van der Waals surface area contributed by atoms with E-state index in [0.717, 1.165) is 12.8 Å². The van der Waals surface area contributed by atoms with Gasteiger partial charge in [-0.25, -0.2) is 0 Å². The summed E-state index contributed by atoms with van der Waals surface area (Å²) in [6, 6.07) is 2.17. The summed E-state index contributed by atoms with van der Waals surface area (Å²) in [6.45, 7) is 0. The van der Waals surface area contributed by atoms with E-state index in [4.69, 9.17) is 22.6 Å². The third-order valence-corrected chi connectivity index (χ3v) is 2.04. The lowest BCUT2D eigenvalue weighted by Crippen LogP contribution is -2.22. The summed E-state index contributed by atoms with van der Waals surface area (Å²) in [6.07, 6.45) is 3.43. The first kappa shape index (κ1) is 7.59. The van der Waals surface area contributed by atoms with Crippen LogP contribution >= 0.6 is 11.6 Å². The lowest BCUT2D eigenvalue weighted by molar-refractivity contribution is 0.575. The largest absolute Gasteiger partial charge is 0.324 e. The molecule has 2 atom stereocenters. The van der Waals surface area contributed by atoms with Gasteiger partial charge >= 0.3 is 0 Å². The molecule has 0 spiro atoms. The van der Waals surface area contributed by atoms with Gasteiger partial charge in [0, 0.05) is 11.1 Å². The van der Waals surface area contributed by atoms with Crippen LogP contribution in [0.4, 0.5) is 0 Å². The van der Waals surface area contributed by atoms with Gasteiger partial charge < -0.3 is 5.73 Å². The minimum absolute atomic E-state index is 0.0529. The first-order valence-electron chi connectivity index (χ1n) is 3.26. The van der Waals surface area contributed by atoms with Crippen molar-refractivity contribution in [3.05, 3.63) is 11.1 Å². The highest BCUT2D eigenvalue weighted by Gasteiger charge is 2.18. The normalized spacial score (nSPS) is 32.7. The highest BCUT2D eigenvalue weighted by molar-refractivity contribution is 6.30. The average molecular weight is 157 g/mol. The monoisotopic (exact) mass is 156 g/mol. The number of hydrogen-bond acceptors (Lipinski definition) is 2. The quantitative estimate of drug-likeness (QED) is 0.576. The minimum atomic E-state index is -0.110. The molecule has 0 heterocycles. The molecule has 2 unspecified atom stereocenters. The highest BCUT2D eigenvalue weighted by atomic mass is 35.5. The summed E-state index contributed by atoms with van der Waals surface area (Å²) >= 11 is 5.74. The van der Waals surface area contributed by atoms with Crippen molar-refractivity contribution in [2.45, 2.75) is 18.9 Å². The maximum absolute atomic E-state index is 8.53. The van der Waals surface area contributed by atoms with E-state index in [2.05, 4.69) is 6.07 Å². The maximum Gasteiger partial charge on any atom is 0.0817 e. The predicted octanol–water partition coefficient (Wildman–Crippen LogP) is 1.37. The van der Waals surface area contributed by atoms with Crippen LogP contribution in [0.15, 0.2) is 11.1 Å².